The molecular formula is C8H13N3O. The first-order chi connectivity index (χ1) is 5.70. The van der Waals surface area contributed by atoms with Crippen molar-refractivity contribution in [3.63, 3.8) is 0 Å². The standard InChI is InChI=1S/C8H13N3O/c1-6(10-11-8(9)12)7-4-2-3-5-7/h4H,2-3,5H2,1H3,(H3,9,11,12)/b10-6-. The molecule has 0 aromatic carbocycles. The number of hydrogen-bond donors (Lipinski definition) is 2. The van der Waals surface area contributed by atoms with Crippen LogP contribution in [-0.4, -0.2) is 11.7 Å². The molecule has 0 saturated heterocycles. The van der Waals surface area contributed by atoms with E-state index in [-0.39, 0.29) is 0 Å². The molecule has 0 spiro atoms. The van der Waals surface area contributed by atoms with E-state index in [1.165, 1.54) is 12.0 Å². The van der Waals surface area contributed by atoms with Gasteiger partial charge in [-0.2, -0.15) is 5.10 Å². The van der Waals surface area contributed by atoms with E-state index in [4.69, 9.17) is 5.73 Å². The molecule has 0 fully saturated rings. The van der Waals surface area contributed by atoms with Crippen LogP contribution in [0.3, 0.4) is 0 Å². The smallest absolute Gasteiger partial charge is 0.332 e. The van der Waals surface area contributed by atoms with E-state index < -0.39 is 6.03 Å². The molecule has 4 nitrogen and oxygen atoms in total. The summed E-state index contributed by atoms with van der Waals surface area (Å²) in [6.07, 6.45) is 5.48. The number of allylic oxidation sites excluding steroid dienone is 2. The number of primary amides is 1. The maximum absolute atomic E-state index is 10.3. The van der Waals surface area contributed by atoms with Crippen molar-refractivity contribution < 1.29 is 4.79 Å². The molecule has 0 aromatic rings. The summed E-state index contributed by atoms with van der Waals surface area (Å²) in [5, 5.41) is 3.83. The summed E-state index contributed by atoms with van der Waals surface area (Å²) in [7, 11) is 0. The molecule has 0 aromatic heterocycles. The van der Waals surface area contributed by atoms with Crippen LogP contribution in [0, 0.1) is 0 Å². The van der Waals surface area contributed by atoms with Gasteiger partial charge >= 0.3 is 6.03 Å². The molecule has 1 aliphatic rings. The molecule has 0 atom stereocenters. The normalized spacial score (nSPS) is 17.4. The van der Waals surface area contributed by atoms with Gasteiger partial charge < -0.3 is 5.73 Å². The van der Waals surface area contributed by atoms with Gasteiger partial charge in [-0.25, -0.2) is 10.2 Å². The van der Waals surface area contributed by atoms with Crippen LogP contribution in [0.1, 0.15) is 26.2 Å². The fourth-order valence-corrected chi connectivity index (χ4v) is 1.21. The minimum Gasteiger partial charge on any atom is -0.350 e. The maximum atomic E-state index is 10.3. The van der Waals surface area contributed by atoms with E-state index in [1.54, 1.807) is 0 Å². The van der Waals surface area contributed by atoms with Gasteiger partial charge in [0, 0.05) is 0 Å². The highest BCUT2D eigenvalue weighted by atomic mass is 16.2. The Morgan fingerprint density at radius 3 is 3.00 bits per heavy atom. The SMILES string of the molecule is C/C(=N/NC(N)=O)C1=CCCC1. The lowest BCUT2D eigenvalue weighted by Crippen LogP contribution is -2.25. The Morgan fingerprint density at radius 1 is 1.75 bits per heavy atom. The number of nitrogens with zero attached hydrogens (tertiary/aromatic N) is 1. The molecule has 3 N–H and O–H groups in total. The van der Waals surface area contributed by atoms with Gasteiger partial charge in [-0.15, -0.1) is 0 Å². The summed E-state index contributed by atoms with van der Waals surface area (Å²) in [5.41, 5.74) is 9.14. The van der Waals surface area contributed by atoms with Gasteiger partial charge in [-0.1, -0.05) is 6.08 Å². The van der Waals surface area contributed by atoms with Crippen molar-refractivity contribution in [3.8, 4) is 0 Å². The van der Waals surface area contributed by atoms with Crippen molar-refractivity contribution in [1.82, 2.24) is 5.43 Å². The number of carbonyl (C=O) groups is 1. The van der Waals surface area contributed by atoms with Crippen molar-refractivity contribution in [2.75, 3.05) is 0 Å². The Balaban J connectivity index is 2.50. The molecule has 2 amide bonds. The third kappa shape index (κ3) is 2.38. The molecule has 0 bridgehead atoms. The number of hydrogen-bond acceptors (Lipinski definition) is 2. The number of hydrazone groups is 1. The highest BCUT2D eigenvalue weighted by Crippen LogP contribution is 2.18. The van der Waals surface area contributed by atoms with Crippen LogP contribution in [0.5, 0.6) is 0 Å². The summed E-state index contributed by atoms with van der Waals surface area (Å²) in [5.74, 6) is 0. The minimum atomic E-state index is -0.618. The molecule has 12 heavy (non-hydrogen) atoms. The number of carbonyl (C=O) groups excluding carboxylic acids is 1. The van der Waals surface area contributed by atoms with Gasteiger partial charge in [-0.3, -0.25) is 0 Å². The first-order valence-electron chi connectivity index (χ1n) is 3.99. The van der Waals surface area contributed by atoms with Crippen LogP contribution in [0.2, 0.25) is 0 Å². The summed E-state index contributed by atoms with van der Waals surface area (Å²) in [6.45, 7) is 1.87. The van der Waals surface area contributed by atoms with Crippen LogP contribution in [0.15, 0.2) is 16.8 Å². The number of amides is 2. The second kappa shape index (κ2) is 3.90. The first-order valence-corrected chi connectivity index (χ1v) is 3.99. The van der Waals surface area contributed by atoms with Crippen LogP contribution in [0.4, 0.5) is 4.79 Å². The Hall–Kier alpha value is -1.32. The molecule has 1 aliphatic carbocycles. The van der Waals surface area contributed by atoms with E-state index >= 15 is 0 Å². The zero-order valence-electron chi connectivity index (χ0n) is 7.13. The lowest BCUT2D eigenvalue weighted by Gasteiger charge is -1.99. The maximum Gasteiger partial charge on any atom is 0.332 e. The van der Waals surface area contributed by atoms with Crippen molar-refractivity contribution in [2.24, 2.45) is 10.8 Å². The van der Waals surface area contributed by atoms with E-state index in [2.05, 4.69) is 16.6 Å². The second-order valence-electron chi connectivity index (χ2n) is 2.79. The first kappa shape index (κ1) is 8.77. The van der Waals surface area contributed by atoms with Crippen LogP contribution < -0.4 is 11.2 Å². The minimum absolute atomic E-state index is 0.618. The summed E-state index contributed by atoms with van der Waals surface area (Å²) < 4.78 is 0. The van der Waals surface area contributed by atoms with E-state index in [1.807, 2.05) is 6.92 Å². The largest absolute Gasteiger partial charge is 0.350 e. The van der Waals surface area contributed by atoms with Gasteiger partial charge in [0.05, 0.1) is 5.71 Å². The topological polar surface area (TPSA) is 67.5 Å². The number of nitrogens with two attached hydrogens (primary N) is 1. The van der Waals surface area contributed by atoms with Crippen molar-refractivity contribution in [1.29, 1.82) is 0 Å². The van der Waals surface area contributed by atoms with E-state index in [0.717, 1.165) is 18.6 Å². The average molecular weight is 167 g/mol. The number of rotatable bonds is 2. The number of nitrogens with one attached hydrogen (secondary N) is 1. The van der Waals surface area contributed by atoms with E-state index in [9.17, 15) is 4.79 Å². The summed E-state index contributed by atoms with van der Waals surface area (Å²) in [6, 6.07) is -0.618. The van der Waals surface area contributed by atoms with E-state index in [0.29, 0.717) is 0 Å². The van der Waals surface area contributed by atoms with Gasteiger partial charge in [-0.05, 0) is 31.8 Å². The predicted octanol–water partition coefficient (Wildman–Crippen LogP) is 1.14. The fraction of sp³-hybridized carbons (Fsp3) is 0.500. The van der Waals surface area contributed by atoms with Crippen LogP contribution in [0.25, 0.3) is 0 Å². The average Bonchev–Trinajstić information content (AvgIpc) is 2.51. The Kier molecular flexibility index (Phi) is 2.85. The fourth-order valence-electron chi connectivity index (χ4n) is 1.21. The molecule has 0 unspecified atom stereocenters. The quantitative estimate of drug-likeness (QED) is 0.470. The lowest BCUT2D eigenvalue weighted by molar-refractivity contribution is 0.249. The Bertz CT molecular complexity index is 243. The molecule has 0 saturated carbocycles. The predicted molar refractivity (Wildman–Crippen MR) is 47.8 cm³/mol. The zero-order valence-corrected chi connectivity index (χ0v) is 7.13. The Labute approximate surface area is 71.5 Å². The molecule has 66 valence electrons. The molecular weight excluding hydrogens is 154 g/mol. The second-order valence-corrected chi connectivity index (χ2v) is 2.79. The van der Waals surface area contributed by atoms with Gasteiger partial charge in [0.2, 0.25) is 0 Å². The summed E-state index contributed by atoms with van der Waals surface area (Å²) >= 11 is 0. The third-order valence-electron chi connectivity index (χ3n) is 1.84. The highest BCUT2D eigenvalue weighted by molar-refractivity contribution is 5.98. The number of urea groups is 1. The molecule has 0 heterocycles. The van der Waals surface area contributed by atoms with Crippen molar-refractivity contribution >= 4 is 11.7 Å². The molecule has 1 rings (SSSR count). The highest BCUT2D eigenvalue weighted by Gasteiger charge is 2.06. The van der Waals surface area contributed by atoms with Crippen molar-refractivity contribution in [3.05, 3.63) is 11.6 Å². The molecule has 0 radical (unpaired) electrons. The van der Waals surface area contributed by atoms with Gasteiger partial charge in [0.1, 0.15) is 0 Å². The lowest BCUT2D eigenvalue weighted by atomic mass is 10.1. The molecule has 0 aliphatic heterocycles. The molecule has 4 heteroatoms. The summed E-state index contributed by atoms with van der Waals surface area (Å²) in [4.78, 5) is 10.3. The Morgan fingerprint density at radius 2 is 2.50 bits per heavy atom. The van der Waals surface area contributed by atoms with Gasteiger partial charge in [0.25, 0.3) is 0 Å². The zero-order chi connectivity index (χ0) is 8.97. The van der Waals surface area contributed by atoms with Crippen LogP contribution >= 0.6 is 0 Å². The van der Waals surface area contributed by atoms with Crippen molar-refractivity contribution in [2.45, 2.75) is 26.2 Å². The van der Waals surface area contributed by atoms with Gasteiger partial charge in [0.15, 0.2) is 0 Å². The van der Waals surface area contributed by atoms with Crippen LogP contribution in [-0.2, 0) is 0 Å². The third-order valence-corrected chi connectivity index (χ3v) is 1.84. The monoisotopic (exact) mass is 167 g/mol.